The zero-order valence-corrected chi connectivity index (χ0v) is 11.8. The average Bonchev–Trinajstić information content (AvgIpc) is 2.43. The van der Waals surface area contributed by atoms with Crippen molar-refractivity contribution in [1.29, 1.82) is 0 Å². The third-order valence-electron chi connectivity index (χ3n) is 2.89. The summed E-state index contributed by atoms with van der Waals surface area (Å²) in [4.78, 5) is 15.2. The molecule has 0 saturated heterocycles. The van der Waals surface area contributed by atoms with Crippen LogP contribution in [0.4, 0.5) is 11.5 Å². The van der Waals surface area contributed by atoms with Crippen LogP contribution in [0, 0.1) is 0 Å². The van der Waals surface area contributed by atoms with Gasteiger partial charge < -0.3 is 10.4 Å². The minimum atomic E-state index is -1.07. The number of carboxylic acid groups (broad SMARTS) is 1. The lowest BCUT2D eigenvalue weighted by molar-refractivity contribution is 0.0697. The molecule has 2 rings (SSSR count). The van der Waals surface area contributed by atoms with Gasteiger partial charge >= 0.3 is 5.97 Å². The van der Waals surface area contributed by atoms with Crippen molar-refractivity contribution in [3.63, 3.8) is 0 Å². The summed E-state index contributed by atoms with van der Waals surface area (Å²) < 4.78 is 0. The van der Waals surface area contributed by atoms with Crippen molar-refractivity contribution in [1.82, 2.24) is 4.98 Å². The topological polar surface area (TPSA) is 62.2 Å². The Morgan fingerprint density at radius 1 is 1.40 bits per heavy atom. The molecule has 0 fully saturated rings. The number of rotatable bonds is 5. The Labute approximate surface area is 122 Å². The second kappa shape index (κ2) is 6.39. The second-order valence-electron chi connectivity index (χ2n) is 4.39. The standard InChI is InChI=1S/C15H15ClN2O2/c1-2-5-10-6-3-4-7-13(10)18-14-8-11(15(19)20)12(16)9-17-14/h3-4,6-9H,2,5H2,1H3,(H,17,18)(H,19,20). The molecule has 0 aliphatic rings. The number of aromatic nitrogens is 1. The summed E-state index contributed by atoms with van der Waals surface area (Å²) in [6, 6.07) is 9.33. The van der Waals surface area contributed by atoms with Gasteiger partial charge in [0, 0.05) is 11.9 Å². The van der Waals surface area contributed by atoms with Gasteiger partial charge in [-0.15, -0.1) is 0 Å². The first-order chi connectivity index (χ1) is 9.61. The van der Waals surface area contributed by atoms with Crippen LogP contribution in [0.25, 0.3) is 0 Å². The summed E-state index contributed by atoms with van der Waals surface area (Å²) in [6.07, 6.45) is 3.32. The van der Waals surface area contributed by atoms with E-state index in [-0.39, 0.29) is 10.6 Å². The zero-order valence-electron chi connectivity index (χ0n) is 11.1. The predicted octanol–water partition coefficient (Wildman–Crippen LogP) is 4.13. The number of aryl methyl sites for hydroxylation is 1. The summed E-state index contributed by atoms with van der Waals surface area (Å²) in [5.41, 5.74) is 2.14. The fourth-order valence-electron chi connectivity index (χ4n) is 1.94. The van der Waals surface area contributed by atoms with Gasteiger partial charge in [-0.2, -0.15) is 0 Å². The van der Waals surface area contributed by atoms with Crippen LogP contribution in [0.5, 0.6) is 0 Å². The summed E-state index contributed by atoms with van der Waals surface area (Å²) in [5.74, 6) is -0.599. The van der Waals surface area contributed by atoms with Crippen molar-refractivity contribution in [2.24, 2.45) is 0 Å². The zero-order chi connectivity index (χ0) is 14.5. The highest BCUT2D eigenvalue weighted by atomic mass is 35.5. The lowest BCUT2D eigenvalue weighted by atomic mass is 10.1. The highest BCUT2D eigenvalue weighted by molar-refractivity contribution is 6.33. The van der Waals surface area contributed by atoms with Gasteiger partial charge in [-0.25, -0.2) is 9.78 Å². The van der Waals surface area contributed by atoms with Crippen LogP contribution >= 0.6 is 11.6 Å². The van der Waals surface area contributed by atoms with Gasteiger partial charge in [-0.05, 0) is 24.1 Å². The van der Waals surface area contributed by atoms with Crippen LogP contribution in [0.15, 0.2) is 36.5 Å². The smallest absolute Gasteiger partial charge is 0.337 e. The number of halogens is 1. The maximum Gasteiger partial charge on any atom is 0.337 e. The molecule has 2 N–H and O–H groups in total. The number of hydrogen-bond acceptors (Lipinski definition) is 3. The maximum atomic E-state index is 11.1. The Morgan fingerprint density at radius 2 is 2.15 bits per heavy atom. The molecule has 5 heteroatoms. The monoisotopic (exact) mass is 290 g/mol. The molecule has 0 atom stereocenters. The quantitative estimate of drug-likeness (QED) is 0.869. The van der Waals surface area contributed by atoms with Crippen molar-refractivity contribution in [2.75, 3.05) is 5.32 Å². The maximum absolute atomic E-state index is 11.1. The third-order valence-corrected chi connectivity index (χ3v) is 3.19. The Bertz CT molecular complexity index is 629. The van der Waals surface area contributed by atoms with Gasteiger partial charge in [0.15, 0.2) is 0 Å². The average molecular weight is 291 g/mol. The molecule has 20 heavy (non-hydrogen) atoms. The van der Waals surface area contributed by atoms with Gasteiger partial charge in [-0.3, -0.25) is 0 Å². The highest BCUT2D eigenvalue weighted by Crippen LogP contribution is 2.23. The minimum Gasteiger partial charge on any atom is -0.478 e. The largest absolute Gasteiger partial charge is 0.478 e. The molecule has 0 saturated carbocycles. The summed E-state index contributed by atoms with van der Waals surface area (Å²) in [7, 11) is 0. The van der Waals surface area contributed by atoms with E-state index in [2.05, 4.69) is 17.2 Å². The first-order valence-corrected chi connectivity index (χ1v) is 6.73. The van der Waals surface area contributed by atoms with Crippen LogP contribution in [0.2, 0.25) is 5.02 Å². The number of aromatic carboxylic acids is 1. The number of carbonyl (C=O) groups is 1. The number of para-hydroxylation sites is 1. The van der Waals surface area contributed by atoms with E-state index in [0.29, 0.717) is 5.82 Å². The lowest BCUT2D eigenvalue weighted by Gasteiger charge is -2.11. The Balaban J connectivity index is 2.31. The van der Waals surface area contributed by atoms with Crippen LogP contribution in [-0.4, -0.2) is 16.1 Å². The van der Waals surface area contributed by atoms with Crippen LogP contribution < -0.4 is 5.32 Å². The summed E-state index contributed by atoms with van der Waals surface area (Å²) in [6.45, 7) is 2.11. The first kappa shape index (κ1) is 14.3. The van der Waals surface area contributed by atoms with E-state index in [9.17, 15) is 4.79 Å². The van der Waals surface area contributed by atoms with Crippen molar-refractivity contribution >= 4 is 29.1 Å². The number of benzene rings is 1. The van der Waals surface area contributed by atoms with Gasteiger partial charge in [0.05, 0.1) is 10.6 Å². The fourth-order valence-corrected chi connectivity index (χ4v) is 2.12. The van der Waals surface area contributed by atoms with E-state index in [1.807, 2.05) is 24.3 Å². The molecule has 4 nitrogen and oxygen atoms in total. The lowest BCUT2D eigenvalue weighted by Crippen LogP contribution is -2.02. The minimum absolute atomic E-state index is 0.0390. The number of hydrogen-bond donors (Lipinski definition) is 2. The highest BCUT2D eigenvalue weighted by Gasteiger charge is 2.11. The van der Waals surface area contributed by atoms with Crippen LogP contribution in [0.3, 0.4) is 0 Å². The molecule has 0 amide bonds. The van der Waals surface area contributed by atoms with Crippen molar-refractivity contribution in [3.05, 3.63) is 52.7 Å². The molecule has 0 bridgehead atoms. The molecule has 0 radical (unpaired) electrons. The molecular weight excluding hydrogens is 276 g/mol. The number of nitrogens with one attached hydrogen (secondary N) is 1. The first-order valence-electron chi connectivity index (χ1n) is 6.35. The molecule has 1 aromatic heterocycles. The number of pyridine rings is 1. The second-order valence-corrected chi connectivity index (χ2v) is 4.79. The van der Waals surface area contributed by atoms with Crippen LogP contribution in [0.1, 0.15) is 29.3 Å². The van der Waals surface area contributed by atoms with E-state index < -0.39 is 5.97 Å². The van der Waals surface area contributed by atoms with Crippen molar-refractivity contribution < 1.29 is 9.90 Å². The van der Waals surface area contributed by atoms with E-state index in [1.54, 1.807) is 0 Å². The Hall–Kier alpha value is -2.07. The molecule has 1 aromatic carbocycles. The van der Waals surface area contributed by atoms with Gasteiger partial charge in [0.25, 0.3) is 0 Å². The third kappa shape index (κ3) is 3.27. The SMILES string of the molecule is CCCc1ccccc1Nc1cc(C(=O)O)c(Cl)cn1. The molecular formula is C15H15ClN2O2. The Morgan fingerprint density at radius 3 is 2.85 bits per heavy atom. The normalized spacial score (nSPS) is 10.3. The van der Waals surface area contributed by atoms with Crippen molar-refractivity contribution in [2.45, 2.75) is 19.8 Å². The summed E-state index contributed by atoms with van der Waals surface area (Å²) in [5, 5.41) is 12.3. The fraction of sp³-hybridized carbons (Fsp3) is 0.200. The van der Waals surface area contributed by atoms with E-state index >= 15 is 0 Å². The molecule has 0 aliphatic carbocycles. The van der Waals surface area contributed by atoms with Gasteiger partial charge in [0.1, 0.15) is 5.82 Å². The van der Waals surface area contributed by atoms with E-state index in [1.165, 1.54) is 17.8 Å². The summed E-state index contributed by atoms with van der Waals surface area (Å²) >= 11 is 5.80. The van der Waals surface area contributed by atoms with Crippen molar-refractivity contribution in [3.8, 4) is 0 Å². The molecule has 104 valence electrons. The number of carboxylic acids is 1. The number of anilines is 2. The molecule has 0 aliphatic heterocycles. The number of nitrogens with zero attached hydrogens (tertiary/aromatic N) is 1. The molecule has 2 aromatic rings. The van der Waals surface area contributed by atoms with Gasteiger partial charge in [0.2, 0.25) is 0 Å². The predicted molar refractivity (Wildman–Crippen MR) is 79.9 cm³/mol. The Kier molecular flexibility index (Phi) is 4.58. The molecule has 0 unspecified atom stereocenters. The molecule has 1 heterocycles. The van der Waals surface area contributed by atoms with Crippen LogP contribution in [-0.2, 0) is 6.42 Å². The van der Waals surface area contributed by atoms with E-state index in [4.69, 9.17) is 16.7 Å². The van der Waals surface area contributed by atoms with E-state index in [0.717, 1.165) is 18.5 Å². The van der Waals surface area contributed by atoms with Gasteiger partial charge in [-0.1, -0.05) is 43.1 Å². The molecule has 0 spiro atoms.